The van der Waals surface area contributed by atoms with Gasteiger partial charge in [-0.2, -0.15) is 10.1 Å². The summed E-state index contributed by atoms with van der Waals surface area (Å²) >= 11 is 0. The Hall–Kier alpha value is -3.93. The Balaban J connectivity index is 1.43. The van der Waals surface area contributed by atoms with Gasteiger partial charge >= 0.3 is 6.36 Å². The Kier molecular flexibility index (Phi) is 6.77. The predicted octanol–water partition coefficient (Wildman–Crippen LogP) is 4.31. The van der Waals surface area contributed by atoms with Gasteiger partial charge in [0.2, 0.25) is 5.82 Å². The van der Waals surface area contributed by atoms with Crippen LogP contribution in [0.25, 0.3) is 23.0 Å². The molecule has 0 bridgehead atoms. The normalized spacial score (nSPS) is 11.6. The lowest BCUT2D eigenvalue weighted by Gasteiger charge is -2.08. The smallest absolute Gasteiger partial charge is 0.406 e. The number of aryl methyl sites for hydroxylation is 1. The third-order valence-corrected chi connectivity index (χ3v) is 4.74. The van der Waals surface area contributed by atoms with Crippen molar-refractivity contribution in [2.75, 3.05) is 25.6 Å². The number of nitrogens with zero attached hydrogens (tertiary/aromatic N) is 5. The highest BCUT2D eigenvalue weighted by molar-refractivity contribution is 5.59. The van der Waals surface area contributed by atoms with Gasteiger partial charge in [-0.05, 0) is 48.9 Å². The molecule has 0 aliphatic heterocycles. The van der Waals surface area contributed by atoms with E-state index in [-0.39, 0.29) is 17.5 Å². The molecule has 9 nitrogen and oxygen atoms in total. The number of aromatic nitrogens is 5. The number of pyridine rings is 1. The summed E-state index contributed by atoms with van der Waals surface area (Å²) in [6, 6.07) is 10.9. The molecule has 0 aliphatic rings. The van der Waals surface area contributed by atoms with Gasteiger partial charge in [0.05, 0.1) is 13.2 Å². The summed E-state index contributed by atoms with van der Waals surface area (Å²) in [4.78, 5) is 8.70. The molecule has 4 aromatic rings. The fourth-order valence-electron chi connectivity index (χ4n) is 3.10. The van der Waals surface area contributed by atoms with Crippen LogP contribution in [0.5, 0.6) is 5.75 Å². The number of hydrogen-bond acceptors (Lipinski definition) is 8. The lowest BCUT2D eigenvalue weighted by Crippen LogP contribution is -2.16. The Morgan fingerprint density at radius 2 is 1.91 bits per heavy atom. The van der Waals surface area contributed by atoms with E-state index in [1.807, 2.05) is 25.1 Å². The molecule has 0 aliphatic carbocycles. The van der Waals surface area contributed by atoms with E-state index >= 15 is 0 Å². The zero-order valence-electron chi connectivity index (χ0n) is 18.3. The van der Waals surface area contributed by atoms with Crippen LogP contribution in [0.2, 0.25) is 0 Å². The van der Waals surface area contributed by atoms with Crippen molar-refractivity contribution >= 4 is 5.82 Å². The molecule has 178 valence electrons. The molecule has 0 saturated carbocycles. The van der Waals surface area contributed by atoms with E-state index in [4.69, 9.17) is 9.26 Å². The van der Waals surface area contributed by atoms with Gasteiger partial charge in [-0.15, -0.1) is 13.2 Å². The lowest BCUT2D eigenvalue weighted by atomic mass is 10.2. The van der Waals surface area contributed by atoms with Crippen molar-refractivity contribution in [2.45, 2.75) is 19.8 Å². The van der Waals surface area contributed by atoms with Crippen molar-refractivity contribution in [1.29, 1.82) is 0 Å². The second-order valence-electron chi connectivity index (χ2n) is 7.30. The monoisotopic (exact) mass is 474 g/mol. The van der Waals surface area contributed by atoms with Gasteiger partial charge in [-0.1, -0.05) is 11.2 Å². The molecule has 0 amide bonds. The first kappa shape index (κ1) is 23.2. The van der Waals surface area contributed by atoms with Crippen molar-refractivity contribution in [1.82, 2.24) is 24.9 Å². The molecule has 1 aromatic carbocycles. The summed E-state index contributed by atoms with van der Waals surface area (Å²) in [6.45, 7) is 3.66. The molecule has 3 aromatic heterocycles. The van der Waals surface area contributed by atoms with Gasteiger partial charge in [0.15, 0.2) is 5.69 Å². The van der Waals surface area contributed by atoms with Crippen LogP contribution in [0.3, 0.4) is 0 Å². The van der Waals surface area contributed by atoms with Crippen LogP contribution >= 0.6 is 0 Å². The van der Waals surface area contributed by atoms with Gasteiger partial charge in [0.25, 0.3) is 5.89 Å². The molecule has 0 unspecified atom stereocenters. The van der Waals surface area contributed by atoms with E-state index in [1.54, 1.807) is 18.0 Å². The minimum Gasteiger partial charge on any atom is -0.406 e. The van der Waals surface area contributed by atoms with E-state index in [9.17, 15) is 13.2 Å². The minimum absolute atomic E-state index is 0.197. The Bertz CT molecular complexity index is 1220. The summed E-state index contributed by atoms with van der Waals surface area (Å²) in [7, 11) is 1.64. The van der Waals surface area contributed by atoms with Crippen LogP contribution in [0.1, 0.15) is 11.3 Å². The Morgan fingerprint density at radius 1 is 1.12 bits per heavy atom. The van der Waals surface area contributed by atoms with Crippen molar-refractivity contribution in [3.63, 3.8) is 0 Å². The molecular weight excluding hydrogens is 453 g/mol. The van der Waals surface area contributed by atoms with E-state index in [0.717, 1.165) is 17.1 Å². The van der Waals surface area contributed by atoms with Crippen LogP contribution < -0.4 is 10.1 Å². The maximum absolute atomic E-state index is 12.3. The molecule has 4 rings (SSSR count). The standard InChI is InChI=1S/C22H21F3N6O3/c1-14-11-18(29-31(14)13-15-3-8-19(27-12-15)26-9-10-32-2)21-28-20(30-34-21)16-4-6-17(7-5-16)33-22(23,24)25/h3-8,11-12H,9-10,13H2,1-2H3,(H,26,27). The molecular formula is C22H21F3N6O3. The van der Waals surface area contributed by atoms with E-state index in [2.05, 4.69) is 30.3 Å². The van der Waals surface area contributed by atoms with Gasteiger partial charge in [0, 0.05) is 31.1 Å². The Morgan fingerprint density at radius 3 is 2.59 bits per heavy atom. The number of ether oxygens (including phenoxy) is 2. The average molecular weight is 474 g/mol. The number of anilines is 1. The number of halogens is 3. The third-order valence-electron chi connectivity index (χ3n) is 4.74. The molecule has 12 heteroatoms. The van der Waals surface area contributed by atoms with Gasteiger partial charge in [-0.3, -0.25) is 4.68 Å². The van der Waals surface area contributed by atoms with Gasteiger partial charge in [0.1, 0.15) is 11.6 Å². The first-order valence-electron chi connectivity index (χ1n) is 10.2. The Labute approximate surface area is 192 Å². The third kappa shape index (κ3) is 5.90. The van der Waals surface area contributed by atoms with Crippen LogP contribution in [-0.4, -0.2) is 51.5 Å². The first-order valence-corrected chi connectivity index (χ1v) is 10.2. The SMILES string of the molecule is COCCNc1ccc(Cn2nc(-c3nc(-c4ccc(OC(F)(F)F)cc4)no3)cc2C)cn1. The highest BCUT2D eigenvalue weighted by Crippen LogP contribution is 2.27. The number of nitrogens with one attached hydrogen (secondary N) is 1. The maximum Gasteiger partial charge on any atom is 0.573 e. The number of methoxy groups -OCH3 is 1. The zero-order chi connectivity index (χ0) is 24.1. The molecule has 0 atom stereocenters. The van der Waals surface area contributed by atoms with Crippen LogP contribution in [0, 0.1) is 6.92 Å². The second kappa shape index (κ2) is 9.91. The average Bonchev–Trinajstić information content (AvgIpc) is 3.42. The summed E-state index contributed by atoms with van der Waals surface area (Å²) < 4.78 is 52.9. The molecule has 0 radical (unpaired) electrons. The van der Waals surface area contributed by atoms with Crippen molar-refractivity contribution in [3.8, 4) is 28.7 Å². The number of benzene rings is 1. The minimum atomic E-state index is -4.75. The van der Waals surface area contributed by atoms with Crippen LogP contribution in [0.15, 0.2) is 53.2 Å². The van der Waals surface area contributed by atoms with E-state index < -0.39 is 6.36 Å². The van der Waals surface area contributed by atoms with Gasteiger partial charge < -0.3 is 19.3 Å². The predicted molar refractivity (Wildman–Crippen MR) is 116 cm³/mol. The highest BCUT2D eigenvalue weighted by atomic mass is 19.4. The maximum atomic E-state index is 12.3. The van der Waals surface area contributed by atoms with Crippen molar-refractivity contribution < 1.29 is 27.2 Å². The highest BCUT2D eigenvalue weighted by Gasteiger charge is 2.31. The fourth-order valence-corrected chi connectivity index (χ4v) is 3.10. The molecule has 0 saturated heterocycles. The quantitative estimate of drug-likeness (QED) is 0.358. The number of hydrogen-bond donors (Lipinski definition) is 1. The first-order chi connectivity index (χ1) is 16.3. The van der Waals surface area contributed by atoms with Crippen LogP contribution in [0.4, 0.5) is 19.0 Å². The summed E-state index contributed by atoms with van der Waals surface area (Å²) in [5.74, 6) is 0.850. The van der Waals surface area contributed by atoms with Crippen LogP contribution in [-0.2, 0) is 11.3 Å². The summed E-state index contributed by atoms with van der Waals surface area (Å²) in [6.07, 6.45) is -2.98. The second-order valence-corrected chi connectivity index (χ2v) is 7.30. The molecule has 3 heterocycles. The molecule has 0 spiro atoms. The lowest BCUT2D eigenvalue weighted by molar-refractivity contribution is -0.274. The van der Waals surface area contributed by atoms with Crippen molar-refractivity contribution in [3.05, 3.63) is 59.9 Å². The molecule has 34 heavy (non-hydrogen) atoms. The van der Waals surface area contributed by atoms with Crippen molar-refractivity contribution in [2.24, 2.45) is 0 Å². The fraction of sp³-hybridized carbons (Fsp3) is 0.273. The summed E-state index contributed by atoms with van der Waals surface area (Å²) in [5.41, 5.74) is 2.80. The van der Waals surface area contributed by atoms with E-state index in [1.165, 1.54) is 24.3 Å². The zero-order valence-corrected chi connectivity index (χ0v) is 18.3. The van der Waals surface area contributed by atoms with Gasteiger partial charge in [-0.25, -0.2) is 4.98 Å². The molecule has 1 N–H and O–H groups in total. The molecule has 0 fully saturated rings. The topological polar surface area (TPSA) is 100 Å². The largest absolute Gasteiger partial charge is 0.573 e. The number of alkyl halides is 3. The van der Waals surface area contributed by atoms with E-state index in [0.29, 0.717) is 31.0 Å². The number of rotatable bonds is 9. The summed E-state index contributed by atoms with van der Waals surface area (Å²) in [5, 5.41) is 11.6.